The van der Waals surface area contributed by atoms with E-state index in [1.165, 1.54) is 0 Å². The number of nitrogens with zero attached hydrogens (tertiary/aromatic N) is 1. The highest BCUT2D eigenvalue weighted by molar-refractivity contribution is 5.79. The molecule has 0 aliphatic heterocycles. The van der Waals surface area contributed by atoms with Crippen molar-refractivity contribution in [3.05, 3.63) is 29.8 Å². The summed E-state index contributed by atoms with van der Waals surface area (Å²) in [5, 5.41) is 9.04. The first-order chi connectivity index (χ1) is 6.22. The summed E-state index contributed by atoms with van der Waals surface area (Å²) in [6.07, 6.45) is 2.89. The Morgan fingerprint density at radius 3 is 2.54 bits per heavy atom. The van der Waals surface area contributed by atoms with Crippen LogP contribution in [0.5, 0.6) is 5.75 Å². The standard InChI is InChI=1S/C11H15NO/c1-3-9(2)12-8-10-4-6-11(13)7-5-10/h4-9,13H,3H2,1-2H3/t9-/m1/s1. The van der Waals surface area contributed by atoms with E-state index in [-0.39, 0.29) is 0 Å². The highest BCUT2D eigenvalue weighted by Gasteiger charge is 1.92. The SMILES string of the molecule is CC[C@@H](C)N=Cc1ccc(O)cc1. The van der Waals surface area contributed by atoms with Crippen LogP contribution in [0, 0.1) is 0 Å². The molecule has 0 aliphatic rings. The Bertz CT molecular complexity index is 277. The van der Waals surface area contributed by atoms with Gasteiger partial charge in [0.25, 0.3) is 0 Å². The minimum absolute atomic E-state index is 0.292. The lowest BCUT2D eigenvalue weighted by atomic mass is 10.2. The summed E-state index contributed by atoms with van der Waals surface area (Å²) in [4.78, 5) is 4.34. The molecule has 13 heavy (non-hydrogen) atoms. The van der Waals surface area contributed by atoms with Crippen LogP contribution in [0.4, 0.5) is 0 Å². The number of phenols is 1. The molecule has 0 amide bonds. The van der Waals surface area contributed by atoms with Crippen molar-refractivity contribution in [3.63, 3.8) is 0 Å². The first-order valence-electron chi connectivity index (χ1n) is 4.54. The molecule has 0 radical (unpaired) electrons. The summed E-state index contributed by atoms with van der Waals surface area (Å²) in [6.45, 7) is 4.19. The summed E-state index contributed by atoms with van der Waals surface area (Å²) in [5.74, 6) is 0.292. The lowest BCUT2D eigenvalue weighted by molar-refractivity contribution is 0.475. The average molecular weight is 177 g/mol. The van der Waals surface area contributed by atoms with Gasteiger partial charge in [0.15, 0.2) is 0 Å². The van der Waals surface area contributed by atoms with Crippen LogP contribution in [0.15, 0.2) is 29.3 Å². The number of hydrogen-bond acceptors (Lipinski definition) is 2. The molecule has 2 heteroatoms. The van der Waals surface area contributed by atoms with E-state index in [2.05, 4.69) is 18.8 Å². The molecule has 1 aromatic carbocycles. The maximum atomic E-state index is 9.04. The Morgan fingerprint density at radius 1 is 1.38 bits per heavy atom. The molecule has 1 atom stereocenters. The number of phenolic OH excluding ortho intramolecular Hbond substituents is 1. The maximum Gasteiger partial charge on any atom is 0.115 e. The monoisotopic (exact) mass is 177 g/mol. The Balaban J connectivity index is 2.64. The first kappa shape index (κ1) is 9.78. The van der Waals surface area contributed by atoms with Gasteiger partial charge in [-0.25, -0.2) is 0 Å². The number of aliphatic imine (C=N–C) groups is 1. The Labute approximate surface area is 78.9 Å². The summed E-state index contributed by atoms with van der Waals surface area (Å²) < 4.78 is 0. The van der Waals surface area contributed by atoms with E-state index < -0.39 is 0 Å². The fraction of sp³-hybridized carbons (Fsp3) is 0.364. The molecule has 0 unspecified atom stereocenters. The molecule has 1 aromatic rings. The molecule has 0 fully saturated rings. The summed E-state index contributed by atoms with van der Waals surface area (Å²) in [5.41, 5.74) is 1.03. The second-order valence-corrected chi connectivity index (χ2v) is 3.13. The Morgan fingerprint density at radius 2 is 2.00 bits per heavy atom. The smallest absolute Gasteiger partial charge is 0.115 e. The highest BCUT2D eigenvalue weighted by Crippen LogP contribution is 2.08. The van der Waals surface area contributed by atoms with Gasteiger partial charge in [0.1, 0.15) is 5.75 Å². The third kappa shape index (κ3) is 3.28. The van der Waals surface area contributed by atoms with Crippen molar-refractivity contribution in [2.24, 2.45) is 4.99 Å². The van der Waals surface area contributed by atoms with Crippen molar-refractivity contribution in [2.75, 3.05) is 0 Å². The van der Waals surface area contributed by atoms with Crippen molar-refractivity contribution in [3.8, 4) is 5.75 Å². The van der Waals surface area contributed by atoms with Crippen LogP contribution in [0.3, 0.4) is 0 Å². The van der Waals surface area contributed by atoms with Gasteiger partial charge in [-0.3, -0.25) is 4.99 Å². The second kappa shape index (κ2) is 4.65. The van der Waals surface area contributed by atoms with Crippen molar-refractivity contribution in [1.29, 1.82) is 0 Å². The van der Waals surface area contributed by atoms with Crippen LogP contribution in [-0.4, -0.2) is 17.4 Å². The van der Waals surface area contributed by atoms with Crippen LogP contribution < -0.4 is 0 Å². The third-order valence-electron chi connectivity index (χ3n) is 1.96. The van der Waals surface area contributed by atoms with Gasteiger partial charge in [0, 0.05) is 12.3 Å². The molecule has 0 spiro atoms. The van der Waals surface area contributed by atoms with Crippen molar-refractivity contribution in [1.82, 2.24) is 0 Å². The minimum Gasteiger partial charge on any atom is -0.508 e. The normalized spacial score (nSPS) is 13.4. The molecule has 0 saturated heterocycles. The third-order valence-corrected chi connectivity index (χ3v) is 1.96. The van der Waals surface area contributed by atoms with E-state index >= 15 is 0 Å². The summed E-state index contributed by atoms with van der Waals surface area (Å²) in [6, 6.07) is 7.40. The van der Waals surface area contributed by atoms with Gasteiger partial charge < -0.3 is 5.11 Å². The minimum atomic E-state index is 0.292. The highest BCUT2D eigenvalue weighted by atomic mass is 16.3. The molecule has 70 valence electrons. The molecular formula is C11H15NO. The fourth-order valence-electron chi connectivity index (χ4n) is 0.879. The average Bonchev–Trinajstić information content (AvgIpc) is 2.16. The number of benzene rings is 1. The van der Waals surface area contributed by atoms with Crippen LogP contribution in [0.25, 0.3) is 0 Å². The molecule has 0 bridgehead atoms. The van der Waals surface area contributed by atoms with Gasteiger partial charge >= 0.3 is 0 Å². The topological polar surface area (TPSA) is 32.6 Å². The van der Waals surface area contributed by atoms with Gasteiger partial charge in [0.05, 0.1) is 0 Å². The van der Waals surface area contributed by atoms with Crippen molar-refractivity contribution in [2.45, 2.75) is 26.3 Å². The summed E-state index contributed by atoms with van der Waals surface area (Å²) in [7, 11) is 0. The predicted molar refractivity (Wildman–Crippen MR) is 55.5 cm³/mol. The van der Waals surface area contributed by atoms with Gasteiger partial charge in [-0.15, -0.1) is 0 Å². The number of rotatable bonds is 3. The fourth-order valence-corrected chi connectivity index (χ4v) is 0.879. The lowest BCUT2D eigenvalue weighted by Gasteiger charge is -1.99. The van der Waals surface area contributed by atoms with E-state index in [0.29, 0.717) is 11.8 Å². The van der Waals surface area contributed by atoms with Gasteiger partial charge in [-0.2, -0.15) is 0 Å². The van der Waals surface area contributed by atoms with E-state index in [4.69, 9.17) is 5.11 Å². The van der Waals surface area contributed by atoms with Crippen LogP contribution >= 0.6 is 0 Å². The molecule has 1 rings (SSSR count). The molecule has 2 nitrogen and oxygen atoms in total. The number of hydrogen-bond donors (Lipinski definition) is 1. The number of aromatic hydroxyl groups is 1. The molecule has 0 heterocycles. The molecule has 0 aromatic heterocycles. The van der Waals surface area contributed by atoms with Crippen LogP contribution in [-0.2, 0) is 0 Å². The zero-order valence-corrected chi connectivity index (χ0v) is 8.07. The first-order valence-corrected chi connectivity index (χ1v) is 4.54. The van der Waals surface area contributed by atoms with Crippen molar-refractivity contribution >= 4 is 6.21 Å². The molecule has 0 aliphatic carbocycles. The van der Waals surface area contributed by atoms with Crippen LogP contribution in [0.2, 0.25) is 0 Å². The predicted octanol–water partition coefficient (Wildman–Crippen LogP) is 2.61. The zero-order valence-electron chi connectivity index (χ0n) is 8.07. The largest absolute Gasteiger partial charge is 0.508 e. The van der Waals surface area contributed by atoms with Crippen LogP contribution in [0.1, 0.15) is 25.8 Å². The lowest BCUT2D eigenvalue weighted by Crippen LogP contribution is -1.94. The van der Waals surface area contributed by atoms with Gasteiger partial charge in [-0.1, -0.05) is 6.92 Å². The van der Waals surface area contributed by atoms with E-state index in [1.54, 1.807) is 12.1 Å². The van der Waals surface area contributed by atoms with Gasteiger partial charge in [-0.05, 0) is 43.2 Å². The molecule has 1 N–H and O–H groups in total. The van der Waals surface area contributed by atoms with Crippen molar-refractivity contribution < 1.29 is 5.11 Å². The Kier molecular flexibility index (Phi) is 3.50. The zero-order chi connectivity index (χ0) is 9.68. The maximum absolute atomic E-state index is 9.04. The van der Waals surface area contributed by atoms with E-state index in [1.807, 2.05) is 18.3 Å². The summed E-state index contributed by atoms with van der Waals surface area (Å²) >= 11 is 0. The molecule has 0 saturated carbocycles. The van der Waals surface area contributed by atoms with Gasteiger partial charge in [0.2, 0.25) is 0 Å². The quantitative estimate of drug-likeness (QED) is 0.707. The second-order valence-electron chi connectivity index (χ2n) is 3.13. The van der Waals surface area contributed by atoms with E-state index in [0.717, 1.165) is 12.0 Å². The Hall–Kier alpha value is -1.31. The molecular weight excluding hydrogens is 162 g/mol. The van der Waals surface area contributed by atoms with E-state index in [9.17, 15) is 0 Å².